The van der Waals surface area contributed by atoms with Gasteiger partial charge in [0.25, 0.3) is 5.08 Å². The van der Waals surface area contributed by atoms with Crippen LogP contribution in [0.15, 0.2) is 0 Å². The average Bonchev–Trinajstić information content (AvgIpc) is 2.08. The maximum Gasteiger partial charge on any atom is 1.00 e. The molecule has 100 valence electrons. The summed E-state index contributed by atoms with van der Waals surface area (Å²) in [7, 11) is -10.6. The Morgan fingerprint density at radius 1 is 1.00 bits per heavy atom. The number of unbranched alkanes of at least 4 members (excludes halogenated alkanes) is 2. The van der Waals surface area contributed by atoms with E-state index in [-0.39, 0.29) is 37.4 Å². The van der Waals surface area contributed by atoms with Gasteiger partial charge in [0.2, 0.25) is 0 Å². The van der Waals surface area contributed by atoms with E-state index in [1.807, 2.05) is 0 Å². The Morgan fingerprint density at radius 2 is 1.41 bits per heavy atom. The van der Waals surface area contributed by atoms with Crippen LogP contribution in [0.2, 0.25) is 0 Å². The first-order valence-corrected chi connectivity index (χ1v) is 7.82. The van der Waals surface area contributed by atoms with Gasteiger partial charge in [0.15, 0.2) is 0 Å². The average molecular weight is 301 g/mol. The normalized spacial score (nSPS) is 13.3. The zero-order valence-corrected chi connectivity index (χ0v) is 13.3. The van der Waals surface area contributed by atoms with Crippen LogP contribution in [0.5, 0.6) is 0 Å². The third-order valence-corrected chi connectivity index (χ3v) is 6.03. The van der Waals surface area contributed by atoms with Gasteiger partial charge in [-0.05, 0) is 25.8 Å². The quantitative estimate of drug-likeness (QED) is 0.161. The van der Waals surface area contributed by atoms with Crippen LogP contribution in [0.1, 0.15) is 27.1 Å². The molecule has 0 amide bonds. The fourth-order valence-electron chi connectivity index (χ4n) is 1.14. The number of rotatable bonds is 7. The van der Waals surface area contributed by atoms with E-state index in [1.165, 1.54) is 0 Å². The summed E-state index contributed by atoms with van der Waals surface area (Å²) < 4.78 is 21.8. The molecule has 0 radical (unpaired) electrons. The Balaban J connectivity index is -0.00000112. The number of hydrogen-bond acceptors (Lipinski definition) is 4. The fourth-order valence-corrected chi connectivity index (χ4v) is 3.40. The molecule has 17 heavy (non-hydrogen) atoms. The minimum Gasteiger partial charge on any atom is -1.00 e. The molecule has 0 fully saturated rings. The molecule has 11 heteroatoms. The Kier molecular flexibility index (Phi) is 9.33. The zero-order chi connectivity index (χ0) is 13.0. The second kappa shape index (κ2) is 7.72. The van der Waals surface area contributed by atoms with Gasteiger partial charge in [0, 0.05) is 0 Å². The van der Waals surface area contributed by atoms with Crippen molar-refractivity contribution < 1.29 is 64.8 Å². The molecule has 0 bridgehead atoms. The van der Waals surface area contributed by atoms with Gasteiger partial charge in [0.1, 0.15) is 0 Å². The summed E-state index contributed by atoms with van der Waals surface area (Å²) in [4.78, 5) is 35.1. The molecule has 8 nitrogen and oxygen atoms in total. The van der Waals surface area contributed by atoms with Gasteiger partial charge in [-0.3, -0.25) is 9.13 Å². The first kappa shape index (κ1) is 20.5. The van der Waals surface area contributed by atoms with Crippen LogP contribution in [0.25, 0.3) is 0 Å². The van der Waals surface area contributed by atoms with Crippen LogP contribution in [-0.2, 0) is 9.13 Å². The molecule has 0 atom stereocenters. The summed E-state index contributed by atoms with van der Waals surface area (Å²) in [5.74, 6) is 0. The molecule has 7 N–H and O–H groups in total. The van der Waals surface area contributed by atoms with Crippen LogP contribution in [-0.4, -0.2) is 36.3 Å². The molecule has 0 saturated heterocycles. The van der Waals surface area contributed by atoms with Crippen molar-refractivity contribution in [2.75, 3.05) is 6.54 Å². The second-order valence-electron chi connectivity index (χ2n) is 3.46. The summed E-state index contributed by atoms with van der Waals surface area (Å²) in [6.07, 6.45) is 0.392. The molecule has 0 aromatic carbocycles. The Labute approximate surface area is 123 Å². The van der Waals surface area contributed by atoms with Gasteiger partial charge in [-0.1, -0.05) is 6.42 Å². The van der Waals surface area contributed by atoms with E-state index >= 15 is 0 Å². The van der Waals surface area contributed by atoms with Crippen LogP contribution >= 0.6 is 15.2 Å². The topological polar surface area (TPSA) is 161 Å². The third kappa shape index (κ3) is 5.80. The maximum atomic E-state index is 10.9. The van der Waals surface area contributed by atoms with Gasteiger partial charge < -0.3 is 31.8 Å². The standard InChI is InChI=1S/C6H17NO7P2.Na.H/c7-5-3-1-2-4-6(8,15(9,10)11)16(12,13)14;;/h8H,1-5,7H2,(H2,9,10,11)(H2,12,13,14);;/q;+1;-1. The Bertz CT molecular complexity index is 297. The SMILES string of the molecule is NCCCCCC(O)(P(=O)(O)O)P(=O)(O)O.[H-].[Na+]. The van der Waals surface area contributed by atoms with Gasteiger partial charge in [-0.2, -0.15) is 0 Å². The molecule has 0 aliphatic carbocycles. The smallest absolute Gasteiger partial charge is 1.00 e. The van der Waals surface area contributed by atoms with Gasteiger partial charge in [-0.15, -0.1) is 0 Å². The summed E-state index contributed by atoms with van der Waals surface area (Å²) in [5, 5.41) is 6.14. The minimum atomic E-state index is -5.30. The zero-order valence-electron chi connectivity index (χ0n) is 10.6. The van der Waals surface area contributed by atoms with E-state index in [0.717, 1.165) is 0 Å². The van der Waals surface area contributed by atoms with Crippen LogP contribution < -0.4 is 35.3 Å². The summed E-state index contributed by atoms with van der Waals surface area (Å²) in [6.45, 7) is 0.365. The van der Waals surface area contributed by atoms with E-state index in [9.17, 15) is 14.2 Å². The van der Waals surface area contributed by atoms with Crippen LogP contribution in [0, 0.1) is 0 Å². The molecule has 0 saturated carbocycles. The van der Waals surface area contributed by atoms with Crippen molar-refractivity contribution in [3.05, 3.63) is 0 Å². The molecule has 0 rings (SSSR count). The van der Waals surface area contributed by atoms with Crippen molar-refractivity contribution in [3.8, 4) is 0 Å². The molecule has 0 aliphatic rings. The molecule has 0 heterocycles. The predicted molar refractivity (Wildman–Crippen MR) is 57.7 cm³/mol. The van der Waals surface area contributed by atoms with E-state index in [1.54, 1.807) is 0 Å². The van der Waals surface area contributed by atoms with Crippen molar-refractivity contribution >= 4 is 15.2 Å². The van der Waals surface area contributed by atoms with Gasteiger partial charge >= 0.3 is 44.7 Å². The predicted octanol–water partition coefficient (Wildman–Crippen LogP) is -3.38. The molecule has 0 aromatic rings. The summed E-state index contributed by atoms with van der Waals surface area (Å²) in [5.41, 5.74) is 5.18. The van der Waals surface area contributed by atoms with E-state index < -0.39 is 26.7 Å². The first-order chi connectivity index (χ1) is 7.06. The molecule has 0 unspecified atom stereocenters. The molecular weight excluding hydrogens is 283 g/mol. The minimum absolute atomic E-state index is 0. The van der Waals surface area contributed by atoms with E-state index in [0.29, 0.717) is 19.4 Å². The number of hydrogen-bond donors (Lipinski definition) is 6. The fraction of sp³-hybridized carbons (Fsp3) is 1.00. The molecule has 0 spiro atoms. The molecular formula is C6H18NNaO7P2. The van der Waals surface area contributed by atoms with Crippen molar-refractivity contribution in [1.29, 1.82) is 0 Å². The Hall–Kier alpha value is 1.22. The largest absolute Gasteiger partial charge is 1.00 e. The summed E-state index contributed by atoms with van der Waals surface area (Å²) >= 11 is 0. The number of aliphatic hydroxyl groups is 1. The summed E-state index contributed by atoms with van der Waals surface area (Å²) in [6, 6.07) is 0. The van der Waals surface area contributed by atoms with E-state index in [2.05, 4.69) is 0 Å². The molecule has 0 aromatic heterocycles. The van der Waals surface area contributed by atoms with Crippen LogP contribution in [0.4, 0.5) is 0 Å². The third-order valence-electron chi connectivity index (χ3n) is 2.15. The monoisotopic (exact) mass is 301 g/mol. The van der Waals surface area contributed by atoms with Crippen molar-refractivity contribution in [2.24, 2.45) is 5.73 Å². The van der Waals surface area contributed by atoms with Gasteiger partial charge in [0.05, 0.1) is 0 Å². The van der Waals surface area contributed by atoms with Crippen LogP contribution in [0.3, 0.4) is 0 Å². The second-order valence-corrected chi connectivity index (χ2v) is 7.47. The first-order valence-electron chi connectivity index (χ1n) is 4.60. The number of nitrogens with two attached hydrogens (primary N) is 1. The van der Waals surface area contributed by atoms with Crippen molar-refractivity contribution in [1.82, 2.24) is 0 Å². The van der Waals surface area contributed by atoms with Gasteiger partial charge in [-0.25, -0.2) is 0 Å². The van der Waals surface area contributed by atoms with Crippen molar-refractivity contribution in [2.45, 2.75) is 30.8 Å². The Morgan fingerprint density at radius 3 is 1.71 bits per heavy atom. The molecule has 0 aliphatic heterocycles. The van der Waals surface area contributed by atoms with Crippen molar-refractivity contribution in [3.63, 3.8) is 0 Å². The maximum absolute atomic E-state index is 10.9. The van der Waals surface area contributed by atoms with E-state index in [4.69, 9.17) is 25.3 Å².